The molecular formula is C16H16N2O6. The molecule has 2 aliphatic heterocycles. The first-order valence-electron chi connectivity index (χ1n) is 7.55. The topological polar surface area (TPSA) is 93.2 Å². The van der Waals surface area contributed by atoms with E-state index in [1.165, 1.54) is 24.1 Å². The summed E-state index contributed by atoms with van der Waals surface area (Å²) in [5.41, 5.74) is 0.437. The fraction of sp³-hybridized carbons (Fsp3) is 0.375. The van der Waals surface area contributed by atoms with Gasteiger partial charge < -0.3 is 14.5 Å². The number of hydroxylamine groups is 2. The Labute approximate surface area is 137 Å². The third-order valence-corrected chi connectivity index (χ3v) is 4.20. The number of amides is 3. The standard InChI is InChI=1S/C16H16N2O6/c1-23-16(22)17-8-6-10(7-9-17)15(21)24-18-13(19)11-4-2-3-5-12(11)14(18)20/h2-5,10H,6-9H2,1H3. The molecule has 0 unspecified atom stereocenters. The van der Waals surface area contributed by atoms with Crippen LogP contribution in [0.15, 0.2) is 24.3 Å². The highest BCUT2D eigenvalue weighted by Gasteiger charge is 2.40. The summed E-state index contributed by atoms with van der Waals surface area (Å²) >= 11 is 0. The van der Waals surface area contributed by atoms with Gasteiger partial charge in [-0.3, -0.25) is 9.59 Å². The molecule has 1 saturated heterocycles. The van der Waals surface area contributed by atoms with Crippen molar-refractivity contribution < 1.29 is 28.8 Å². The summed E-state index contributed by atoms with van der Waals surface area (Å²) in [7, 11) is 1.30. The summed E-state index contributed by atoms with van der Waals surface area (Å²) in [5.74, 6) is -2.41. The lowest BCUT2D eigenvalue weighted by Crippen LogP contribution is -2.42. The van der Waals surface area contributed by atoms with Gasteiger partial charge in [0.1, 0.15) is 0 Å². The maximum atomic E-state index is 12.2. The highest BCUT2D eigenvalue weighted by Crippen LogP contribution is 2.25. The number of rotatable bonds is 2. The van der Waals surface area contributed by atoms with Gasteiger partial charge in [0.15, 0.2) is 0 Å². The molecule has 2 heterocycles. The third kappa shape index (κ3) is 2.70. The number of benzene rings is 1. The Balaban J connectivity index is 1.62. The number of ether oxygens (including phenoxy) is 1. The predicted octanol–water partition coefficient (Wildman–Crippen LogP) is 1.22. The van der Waals surface area contributed by atoms with E-state index in [-0.39, 0.29) is 11.1 Å². The van der Waals surface area contributed by atoms with Gasteiger partial charge in [0.2, 0.25) is 0 Å². The molecule has 1 fully saturated rings. The Morgan fingerprint density at radius 3 is 2.08 bits per heavy atom. The van der Waals surface area contributed by atoms with Crippen LogP contribution in [0.5, 0.6) is 0 Å². The number of piperidine rings is 1. The van der Waals surface area contributed by atoms with Crippen molar-refractivity contribution in [1.29, 1.82) is 0 Å². The average molecular weight is 332 g/mol. The van der Waals surface area contributed by atoms with Crippen molar-refractivity contribution in [2.75, 3.05) is 20.2 Å². The molecule has 0 aliphatic carbocycles. The number of imide groups is 1. The number of likely N-dealkylation sites (tertiary alicyclic amines) is 1. The van der Waals surface area contributed by atoms with E-state index in [2.05, 4.69) is 4.74 Å². The Morgan fingerprint density at radius 2 is 1.58 bits per heavy atom. The van der Waals surface area contributed by atoms with Crippen LogP contribution in [-0.4, -0.2) is 54.0 Å². The fourth-order valence-corrected chi connectivity index (χ4v) is 2.84. The van der Waals surface area contributed by atoms with E-state index in [4.69, 9.17) is 4.84 Å². The van der Waals surface area contributed by atoms with Gasteiger partial charge in [-0.25, -0.2) is 9.59 Å². The van der Waals surface area contributed by atoms with E-state index in [9.17, 15) is 19.2 Å². The van der Waals surface area contributed by atoms with Crippen molar-refractivity contribution in [3.63, 3.8) is 0 Å². The molecule has 0 aromatic heterocycles. The minimum Gasteiger partial charge on any atom is -0.453 e. The summed E-state index contributed by atoms with van der Waals surface area (Å²) in [6, 6.07) is 6.30. The molecule has 0 atom stereocenters. The SMILES string of the molecule is COC(=O)N1CCC(C(=O)ON2C(=O)c3ccccc3C2=O)CC1. The summed E-state index contributed by atoms with van der Waals surface area (Å²) in [6.07, 6.45) is 0.330. The highest BCUT2D eigenvalue weighted by molar-refractivity contribution is 6.20. The van der Waals surface area contributed by atoms with Gasteiger partial charge in [0.25, 0.3) is 11.8 Å². The summed E-state index contributed by atoms with van der Waals surface area (Å²) in [5, 5.41) is 0.514. The Morgan fingerprint density at radius 1 is 1.04 bits per heavy atom. The lowest BCUT2D eigenvalue weighted by molar-refractivity contribution is -0.175. The first-order chi connectivity index (χ1) is 11.5. The molecule has 8 heteroatoms. The lowest BCUT2D eigenvalue weighted by atomic mass is 9.97. The molecule has 0 N–H and O–H groups in total. The van der Waals surface area contributed by atoms with Gasteiger partial charge in [0, 0.05) is 13.1 Å². The van der Waals surface area contributed by atoms with Crippen LogP contribution in [0, 0.1) is 5.92 Å². The van der Waals surface area contributed by atoms with Crippen molar-refractivity contribution in [3.8, 4) is 0 Å². The highest BCUT2D eigenvalue weighted by atomic mass is 16.7. The van der Waals surface area contributed by atoms with Crippen LogP contribution in [0.3, 0.4) is 0 Å². The van der Waals surface area contributed by atoms with E-state index < -0.39 is 29.8 Å². The number of nitrogens with zero attached hydrogens (tertiary/aromatic N) is 2. The van der Waals surface area contributed by atoms with Gasteiger partial charge in [-0.1, -0.05) is 17.2 Å². The Bertz CT molecular complexity index is 673. The predicted molar refractivity (Wildman–Crippen MR) is 79.7 cm³/mol. The third-order valence-electron chi connectivity index (χ3n) is 4.20. The minimum absolute atomic E-state index is 0.218. The van der Waals surface area contributed by atoms with Gasteiger partial charge in [-0.2, -0.15) is 0 Å². The molecule has 0 radical (unpaired) electrons. The van der Waals surface area contributed by atoms with Crippen LogP contribution >= 0.6 is 0 Å². The van der Waals surface area contributed by atoms with Gasteiger partial charge >= 0.3 is 12.1 Å². The van der Waals surface area contributed by atoms with E-state index in [0.717, 1.165) is 0 Å². The summed E-state index contributed by atoms with van der Waals surface area (Å²) in [6.45, 7) is 0.711. The van der Waals surface area contributed by atoms with Crippen molar-refractivity contribution >= 4 is 23.9 Å². The maximum Gasteiger partial charge on any atom is 0.409 e. The monoisotopic (exact) mass is 332 g/mol. The molecule has 2 aliphatic rings. The fourth-order valence-electron chi connectivity index (χ4n) is 2.84. The normalized spacial score (nSPS) is 17.7. The van der Waals surface area contributed by atoms with E-state index in [0.29, 0.717) is 31.0 Å². The zero-order valence-electron chi connectivity index (χ0n) is 13.1. The van der Waals surface area contributed by atoms with Crippen molar-refractivity contribution in [2.45, 2.75) is 12.8 Å². The van der Waals surface area contributed by atoms with Crippen LogP contribution < -0.4 is 0 Å². The minimum atomic E-state index is -0.644. The quantitative estimate of drug-likeness (QED) is 0.756. The molecular weight excluding hydrogens is 316 g/mol. The zero-order chi connectivity index (χ0) is 17.3. The first-order valence-corrected chi connectivity index (χ1v) is 7.55. The smallest absolute Gasteiger partial charge is 0.409 e. The van der Waals surface area contributed by atoms with Gasteiger partial charge in [-0.15, -0.1) is 0 Å². The average Bonchev–Trinajstić information content (AvgIpc) is 2.86. The van der Waals surface area contributed by atoms with Crippen LogP contribution in [0.4, 0.5) is 4.79 Å². The lowest BCUT2D eigenvalue weighted by Gasteiger charge is -2.30. The molecule has 126 valence electrons. The number of hydrogen-bond donors (Lipinski definition) is 0. The van der Waals surface area contributed by atoms with Crippen molar-refractivity contribution in [3.05, 3.63) is 35.4 Å². The molecule has 0 spiro atoms. The molecule has 1 aromatic carbocycles. The largest absolute Gasteiger partial charge is 0.453 e. The molecule has 1 aromatic rings. The molecule has 3 rings (SSSR count). The van der Waals surface area contributed by atoms with E-state index in [1.807, 2.05) is 0 Å². The van der Waals surface area contributed by atoms with Crippen molar-refractivity contribution in [2.24, 2.45) is 5.92 Å². The number of carbonyl (C=O) groups excluding carboxylic acids is 4. The molecule has 8 nitrogen and oxygen atoms in total. The summed E-state index contributed by atoms with van der Waals surface area (Å²) in [4.78, 5) is 54.5. The van der Waals surface area contributed by atoms with E-state index in [1.54, 1.807) is 12.1 Å². The molecule has 3 amide bonds. The molecule has 0 saturated carbocycles. The number of carbonyl (C=O) groups is 4. The number of hydrogen-bond acceptors (Lipinski definition) is 6. The van der Waals surface area contributed by atoms with Crippen LogP contribution in [0.1, 0.15) is 33.6 Å². The maximum absolute atomic E-state index is 12.2. The van der Waals surface area contributed by atoms with Crippen molar-refractivity contribution in [1.82, 2.24) is 9.96 Å². The second-order valence-electron chi connectivity index (χ2n) is 5.59. The molecule has 0 bridgehead atoms. The zero-order valence-corrected chi connectivity index (χ0v) is 13.1. The Hall–Kier alpha value is -2.90. The van der Waals surface area contributed by atoms with Crippen LogP contribution in [0.2, 0.25) is 0 Å². The van der Waals surface area contributed by atoms with Crippen LogP contribution in [0.25, 0.3) is 0 Å². The van der Waals surface area contributed by atoms with Gasteiger partial charge in [0.05, 0.1) is 24.2 Å². The van der Waals surface area contributed by atoms with E-state index >= 15 is 0 Å². The second-order valence-corrected chi connectivity index (χ2v) is 5.59. The number of fused-ring (bicyclic) bond motifs is 1. The second kappa shape index (κ2) is 6.31. The summed E-state index contributed by atoms with van der Waals surface area (Å²) < 4.78 is 4.63. The number of methoxy groups -OCH3 is 1. The van der Waals surface area contributed by atoms with Gasteiger partial charge in [-0.05, 0) is 25.0 Å². The Kier molecular flexibility index (Phi) is 4.20. The van der Waals surface area contributed by atoms with Crippen LogP contribution in [-0.2, 0) is 14.4 Å². The first kappa shape index (κ1) is 16.0. The molecule has 24 heavy (non-hydrogen) atoms.